The summed E-state index contributed by atoms with van der Waals surface area (Å²) in [6.45, 7) is 12.1. The van der Waals surface area contributed by atoms with Crippen LogP contribution >= 0.6 is 0 Å². The number of nitrogens with zero attached hydrogens (tertiary/aromatic N) is 2. The lowest BCUT2D eigenvalue weighted by molar-refractivity contribution is 0.0376. The monoisotopic (exact) mass is 482 g/mol. The third-order valence-corrected chi connectivity index (χ3v) is 5.89. The van der Waals surface area contributed by atoms with Crippen LogP contribution in [0.2, 0.25) is 0 Å². The zero-order valence-corrected chi connectivity index (χ0v) is 20.2. The molecule has 0 aromatic heterocycles. The molecule has 4 N–H and O–H groups in total. The van der Waals surface area contributed by atoms with Gasteiger partial charge in [0.2, 0.25) is 0 Å². The van der Waals surface area contributed by atoms with Crippen molar-refractivity contribution >= 4 is 0 Å². The van der Waals surface area contributed by atoms with Gasteiger partial charge in [-0.3, -0.25) is 9.80 Å². The van der Waals surface area contributed by atoms with E-state index < -0.39 is 12.2 Å². The largest absolute Gasteiger partial charge is 0.491 e. The summed E-state index contributed by atoms with van der Waals surface area (Å²) >= 11 is 0. The van der Waals surface area contributed by atoms with E-state index in [2.05, 4.69) is 20.4 Å². The molecule has 2 aliphatic rings. The summed E-state index contributed by atoms with van der Waals surface area (Å²) in [5.74, 6) is 1.34. The maximum absolute atomic E-state index is 10.1. The van der Waals surface area contributed by atoms with Gasteiger partial charge in [0, 0.05) is 65.4 Å². The van der Waals surface area contributed by atoms with E-state index >= 15 is 0 Å². The maximum atomic E-state index is 10.1. The summed E-state index contributed by atoms with van der Waals surface area (Å²) in [6, 6.07) is 7.23. The van der Waals surface area contributed by atoms with Crippen molar-refractivity contribution in [2.45, 2.75) is 12.2 Å². The summed E-state index contributed by atoms with van der Waals surface area (Å²) in [6.07, 6.45) is -1.15. The highest BCUT2D eigenvalue weighted by atomic mass is 16.5. The molecular weight excluding hydrogens is 440 g/mol. The van der Waals surface area contributed by atoms with E-state index in [-0.39, 0.29) is 13.2 Å². The van der Waals surface area contributed by atoms with Crippen LogP contribution in [0.4, 0.5) is 0 Å². The van der Waals surface area contributed by atoms with Crippen LogP contribution in [0.5, 0.6) is 11.5 Å². The highest BCUT2D eigenvalue weighted by Gasteiger charge is 2.12. The zero-order valence-electron chi connectivity index (χ0n) is 20.2. The molecule has 0 bridgehead atoms. The fraction of sp³-hybridized carbons (Fsp3) is 0.750. The maximum Gasteiger partial charge on any atom is 0.119 e. The summed E-state index contributed by atoms with van der Waals surface area (Å²) < 4.78 is 22.0. The van der Waals surface area contributed by atoms with Crippen molar-refractivity contribution in [1.29, 1.82) is 0 Å². The van der Waals surface area contributed by atoms with Crippen molar-refractivity contribution in [3.05, 3.63) is 24.3 Å². The normalized spacial score (nSPS) is 19.6. The number of aliphatic hydroxyl groups excluding tert-OH is 2. The van der Waals surface area contributed by atoms with Crippen LogP contribution in [0.3, 0.4) is 0 Å². The first-order chi connectivity index (χ1) is 16.7. The van der Waals surface area contributed by atoms with Crippen molar-refractivity contribution in [3.8, 4) is 11.5 Å². The Labute approximate surface area is 203 Å². The number of aliphatic hydroxyl groups is 2. The van der Waals surface area contributed by atoms with E-state index in [4.69, 9.17) is 18.9 Å². The van der Waals surface area contributed by atoms with Gasteiger partial charge in [-0.1, -0.05) is 0 Å². The van der Waals surface area contributed by atoms with Gasteiger partial charge in [-0.05, 0) is 24.3 Å². The molecule has 2 heterocycles. The summed E-state index contributed by atoms with van der Waals surface area (Å²) in [5, 5.41) is 26.8. The first-order valence-electron chi connectivity index (χ1n) is 12.4. The molecule has 2 fully saturated rings. The number of rotatable bonds is 16. The van der Waals surface area contributed by atoms with Gasteiger partial charge in [-0.15, -0.1) is 0 Å². The smallest absolute Gasteiger partial charge is 0.119 e. The average Bonchev–Trinajstić information content (AvgIpc) is 2.88. The second-order valence-corrected chi connectivity index (χ2v) is 8.72. The van der Waals surface area contributed by atoms with Gasteiger partial charge in [0.05, 0.1) is 26.4 Å². The molecule has 10 heteroatoms. The molecule has 2 unspecified atom stereocenters. The highest BCUT2D eigenvalue weighted by molar-refractivity contribution is 5.31. The van der Waals surface area contributed by atoms with Crippen LogP contribution in [0, 0.1) is 0 Å². The Morgan fingerprint density at radius 3 is 1.47 bits per heavy atom. The van der Waals surface area contributed by atoms with Crippen LogP contribution < -0.4 is 20.1 Å². The molecule has 1 aromatic carbocycles. The number of hydrogen-bond donors (Lipinski definition) is 4. The minimum atomic E-state index is -0.577. The van der Waals surface area contributed by atoms with Gasteiger partial charge in [0.25, 0.3) is 0 Å². The highest BCUT2D eigenvalue weighted by Crippen LogP contribution is 2.18. The number of benzene rings is 1. The third kappa shape index (κ3) is 11.3. The standard InChI is InChI=1S/C24H42N4O6/c29-21(17-25-5-7-27-9-13-31-14-10-27)19-33-23-1-2-24(4-3-23)34-20-22(30)18-26-6-8-28-11-15-32-16-12-28/h1-4,21-22,25-26,29-30H,5-20H2. The van der Waals surface area contributed by atoms with Crippen LogP contribution in [0.25, 0.3) is 0 Å². The predicted molar refractivity (Wildman–Crippen MR) is 130 cm³/mol. The minimum Gasteiger partial charge on any atom is -0.491 e. The molecule has 0 radical (unpaired) electrons. The topological polar surface area (TPSA) is 108 Å². The van der Waals surface area contributed by atoms with Crippen molar-refractivity contribution in [2.24, 2.45) is 0 Å². The molecule has 0 amide bonds. The number of nitrogens with one attached hydrogen (secondary N) is 2. The Hall–Kier alpha value is -1.50. The number of morpholine rings is 2. The van der Waals surface area contributed by atoms with Crippen LogP contribution in [0.1, 0.15) is 0 Å². The Morgan fingerprint density at radius 2 is 1.09 bits per heavy atom. The lowest BCUT2D eigenvalue weighted by Crippen LogP contribution is -2.42. The summed E-state index contributed by atoms with van der Waals surface area (Å²) in [7, 11) is 0. The van der Waals surface area contributed by atoms with Crippen LogP contribution in [-0.4, -0.2) is 137 Å². The van der Waals surface area contributed by atoms with E-state index in [1.165, 1.54) is 0 Å². The molecule has 0 saturated carbocycles. The molecule has 0 spiro atoms. The third-order valence-electron chi connectivity index (χ3n) is 5.89. The van der Waals surface area contributed by atoms with Gasteiger partial charge in [0.1, 0.15) is 36.9 Å². The SMILES string of the molecule is OC(CNCCN1CCOCC1)COc1ccc(OCC(O)CNCCN2CCOCC2)cc1. The number of hydrogen-bond acceptors (Lipinski definition) is 10. The molecule has 3 rings (SSSR count). The van der Waals surface area contributed by atoms with E-state index in [1.54, 1.807) is 24.3 Å². The van der Waals surface area contributed by atoms with E-state index in [9.17, 15) is 10.2 Å². The van der Waals surface area contributed by atoms with Gasteiger partial charge in [-0.2, -0.15) is 0 Å². The zero-order chi connectivity index (χ0) is 23.8. The van der Waals surface area contributed by atoms with Crippen molar-refractivity contribution < 1.29 is 29.2 Å². The van der Waals surface area contributed by atoms with E-state index in [0.717, 1.165) is 78.8 Å². The summed E-state index contributed by atoms with van der Waals surface area (Å²) in [5.41, 5.74) is 0. The molecule has 2 atom stereocenters. The predicted octanol–water partition coefficient (Wildman–Crippen LogP) is -0.990. The molecule has 1 aromatic rings. The van der Waals surface area contributed by atoms with Crippen molar-refractivity contribution in [2.75, 3.05) is 105 Å². The van der Waals surface area contributed by atoms with Gasteiger partial charge in [-0.25, -0.2) is 0 Å². The molecule has 34 heavy (non-hydrogen) atoms. The molecule has 0 aliphatic carbocycles. The quantitative estimate of drug-likeness (QED) is 0.219. The van der Waals surface area contributed by atoms with E-state index in [1.807, 2.05) is 0 Å². The minimum absolute atomic E-state index is 0.222. The Kier molecular flexibility index (Phi) is 12.9. The van der Waals surface area contributed by atoms with E-state index in [0.29, 0.717) is 24.6 Å². The van der Waals surface area contributed by atoms with Gasteiger partial charge >= 0.3 is 0 Å². The molecule has 194 valence electrons. The Morgan fingerprint density at radius 1 is 0.706 bits per heavy atom. The van der Waals surface area contributed by atoms with Gasteiger partial charge < -0.3 is 39.8 Å². The first kappa shape index (κ1) is 27.1. The lowest BCUT2D eigenvalue weighted by Gasteiger charge is -2.26. The number of ether oxygens (including phenoxy) is 4. The fourth-order valence-corrected chi connectivity index (χ4v) is 3.80. The fourth-order valence-electron chi connectivity index (χ4n) is 3.80. The Balaban J connectivity index is 1.19. The molecular formula is C24H42N4O6. The van der Waals surface area contributed by atoms with Crippen LogP contribution in [0.15, 0.2) is 24.3 Å². The van der Waals surface area contributed by atoms with Gasteiger partial charge in [0.15, 0.2) is 0 Å². The summed E-state index contributed by atoms with van der Waals surface area (Å²) in [4.78, 5) is 4.70. The molecule has 2 saturated heterocycles. The Bertz CT molecular complexity index is 586. The molecule has 2 aliphatic heterocycles. The molecule has 10 nitrogen and oxygen atoms in total. The van der Waals surface area contributed by atoms with Crippen molar-refractivity contribution in [1.82, 2.24) is 20.4 Å². The second kappa shape index (κ2) is 16.2. The average molecular weight is 483 g/mol. The van der Waals surface area contributed by atoms with Crippen LogP contribution in [-0.2, 0) is 9.47 Å². The lowest BCUT2D eigenvalue weighted by atomic mass is 10.3. The second-order valence-electron chi connectivity index (χ2n) is 8.72. The first-order valence-corrected chi connectivity index (χ1v) is 12.4. The van der Waals surface area contributed by atoms with Crippen molar-refractivity contribution in [3.63, 3.8) is 0 Å².